The average molecular weight is 422 g/mol. The predicted molar refractivity (Wildman–Crippen MR) is 106 cm³/mol. The summed E-state index contributed by atoms with van der Waals surface area (Å²) in [6, 6.07) is 7.96. The van der Waals surface area contributed by atoms with Gasteiger partial charge in [0.25, 0.3) is 0 Å². The molecule has 0 spiro atoms. The maximum absolute atomic E-state index is 13.1. The molecule has 4 rings (SSSR count). The lowest BCUT2D eigenvalue weighted by Gasteiger charge is -2.07. The molecule has 0 atom stereocenters. The van der Waals surface area contributed by atoms with E-state index in [1.54, 1.807) is 12.1 Å². The number of nitrogens with zero attached hydrogens (tertiary/aromatic N) is 4. The highest BCUT2D eigenvalue weighted by molar-refractivity contribution is 7.91. The first-order valence-electron chi connectivity index (χ1n) is 8.39. The Morgan fingerprint density at radius 3 is 2.93 bits per heavy atom. The molecule has 0 aliphatic heterocycles. The summed E-state index contributed by atoms with van der Waals surface area (Å²) in [5, 5.41) is 13.3. The Morgan fingerprint density at radius 2 is 2.15 bits per heavy atom. The molecule has 10 heteroatoms. The Hall–Kier alpha value is -2.23. The highest BCUT2D eigenvalue weighted by Gasteiger charge is 2.27. The molecule has 140 valence electrons. The van der Waals surface area contributed by atoms with Gasteiger partial charge in [0.15, 0.2) is 5.65 Å². The summed E-state index contributed by atoms with van der Waals surface area (Å²) < 4.78 is 28.5. The van der Waals surface area contributed by atoms with Crippen molar-refractivity contribution in [1.29, 1.82) is 0 Å². The molecule has 0 radical (unpaired) electrons. The normalized spacial score (nSPS) is 12.1. The van der Waals surface area contributed by atoms with Crippen LogP contribution in [0.3, 0.4) is 0 Å². The number of hydrogen-bond acceptors (Lipinski definition) is 7. The summed E-state index contributed by atoms with van der Waals surface area (Å²) in [5.41, 5.74) is 0.962. The number of nitrogens with one attached hydrogen (secondary N) is 1. The fourth-order valence-electron chi connectivity index (χ4n) is 2.75. The van der Waals surface area contributed by atoms with Crippen LogP contribution in [0.15, 0.2) is 45.6 Å². The topological polar surface area (TPSA) is 89.2 Å². The summed E-state index contributed by atoms with van der Waals surface area (Å²) in [4.78, 5) is 4.61. The van der Waals surface area contributed by atoms with Gasteiger partial charge >= 0.3 is 0 Å². The Morgan fingerprint density at radius 1 is 1.30 bits per heavy atom. The van der Waals surface area contributed by atoms with Gasteiger partial charge in [-0.2, -0.15) is 4.52 Å². The van der Waals surface area contributed by atoms with Crippen LogP contribution in [0.25, 0.3) is 15.9 Å². The van der Waals surface area contributed by atoms with E-state index >= 15 is 0 Å². The fourth-order valence-corrected chi connectivity index (χ4v) is 5.12. The highest BCUT2D eigenvalue weighted by Crippen LogP contribution is 2.31. The van der Waals surface area contributed by atoms with Crippen molar-refractivity contribution in [1.82, 2.24) is 19.8 Å². The van der Waals surface area contributed by atoms with Gasteiger partial charge in [-0.05, 0) is 36.1 Å². The van der Waals surface area contributed by atoms with Crippen LogP contribution >= 0.6 is 22.9 Å². The smallest absolute Gasteiger partial charge is 0.229 e. The molecule has 0 aliphatic rings. The number of thiophene rings is 1. The number of hydrogen-bond donors (Lipinski definition) is 1. The van der Waals surface area contributed by atoms with Crippen molar-refractivity contribution in [2.45, 2.75) is 29.7 Å². The Balaban J connectivity index is 1.91. The highest BCUT2D eigenvalue weighted by atomic mass is 35.5. The standard InChI is InChI=1S/C17H16ClN5O2S2/c1-2-3-8-19-15-14-13(7-9-26-14)23-16(20-15)17(21-22-23)27(24,25)12-6-4-5-11(18)10-12/h4-7,9-10H,2-3,8H2,1H3,(H,19,20). The molecular weight excluding hydrogens is 406 g/mol. The van der Waals surface area contributed by atoms with E-state index < -0.39 is 9.84 Å². The van der Waals surface area contributed by atoms with Crippen LogP contribution in [0.2, 0.25) is 5.02 Å². The van der Waals surface area contributed by atoms with Gasteiger partial charge in [-0.25, -0.2) is 13.4 Å². The van der Waals surface area contributed by atoms with Gasteiger partial charge in [0.2, 0.25) is 14.9 Å². The van der Waals surface area contributed by atoms with Crippen molar-refractivity contribution >= 4 is 54.5 Å². The predicted octanol–water partition coefficient (Wildman–Crippen LogP) is 4.04. The van der Waals surface area contributed by atoms with Crippen LogP contribution in [0.1, 0.15) is 19.8 Å². The number of fused-ring (bicyclic) bond motifs is 3. The summed E-state index contributed by atoms with van der Waals surface area (Å²) in [6.07, 6.45) is 2.04. The van der Waals surface area contributed by atoms with Crippen LogP contribution in [0, 0.1) is 0 Å². The van der Waals surface area contributed by atoms with Crippen LogP contribution in [-0.4, -0.2) is 34.8 Å². The number of halogens is 1. The molecule has 0 saturated heterocycles. The van der Waals surface area contributed by atoms with E-state index in [0.29, 0.717) is 10.8 Å². The van der Waals surface area contributed by atoms with E-state index in [1.807, 2.05) is 11.4 Å². The van der Waals surface area contributed by atoms with Crippen LogP contribution < -0.4 is 5.32 Å². The molecule has 7 nitrogen and oxygen atoms in total. The number of unbranched alkanes of at least 4 members (excludes halogenated alkanes) is 1. The molecule has 0 unspecified atom stereocenters. The lowest BCUT2D eigenvalue weighted by atomic mass is 10.3. The van der Waals surface area contributed by atoms with Crippen molar-refractivity contribution in [2.24, 2.45) is 0 Å². The molecule has 1 aromatic carbocycles. The van der Waals surface area contributed by atoms with E-state index in [1.165, 1.54) is 28.0 Å². The number of rotatable bonds is 6. The summed E-state index contributed by atoms with van der Waals surface area (Å²) in [6.45, 7) is 2.86. The minimum absolute atomic E-state index is 0.0603. The van der Waals surface area contributed by atoms with Crippen molar-refractivity contribution in [3.63, 3.8) is 0 Å². The Kier molecular flexibility index (Phi) is 4.75. The molecular formula is C17H16ClN5O2S2. The van der Waals surface area contributed by atoms with Crippen molar-refractivity contribution in [3.8, 4) is 0 Å². The second-order valence-electron chi connectivity index (χ2n) is 5.97. The first kappa shape index (κ1) is 18.1. The number of sulfone groups is 1. The van der Waals surface area contributed by atoms with Gasteiger partial charge in [0.1, 0.15) is 5.82 Å². The minimum atomic E-state index is -3.90. The van der Waals surface area contributed by atoms with Crippen molar-refractivity contribution in [2.75, 3.05) is 11.9 Å². The zero-order valence-electron chi connectivity index (χ0n) is 14.4. The van der Waals surface area contributed by atoms with Gasteiger partial charge in [-0.1, -0.05) is 36.2 Å². The third-order valence-electron chi connectivity index (χ3n) is 4.11. The summed E-state index contributed by atoms with van der Waals surface area (Å²) >= 11 is 7.48. The van der Waals surface area contributed by atoms with Gasteiger partial charge in [0, 0.05) is 11.6 Å². The first-order chi connectivity index (χ1) is 13.0. The maximum Gasteiger partial charge on any atom is 0.229 e. The van der Waals surface area contributed by atoms with Gasteiger partial charge in [-0.3, -0.25) is 0 Å². The molecule has 0 saturated carbocycles. The third kappa shape index (κ3) is 3.15. The Bertz CT molecular complexity index is 1230. The number of aromatic nitrogens is 4. The summed E-state index contributed by atoms with van der Waals surface area (Å²) in [5.74, 6) is 0.644. The summed E-state index contributed by atoms with van der Waals surface area (Å²) in [7, 11) is -3.90. The average Bonchev–Trinajstić information content (AvgIpc) is 3.28. The molecule has 0 fully saturated rings. The second-order valence-corrected chi connectivity index (χ2v) is 9.18. The van der Waals surface area contributed by atoms with Gasteiger partial charge in [-0.15, -0.1) is 16.4 Å². The minimum Gasteiger partial charge on any atom is -0.369 e. The van der Waals surface area contributed by atoms with E-state index in [9.17, 15) is 8.42 Å². The largest absolute Gasteiger partial charge is 0.369 e. The zero-order valence-corrected chi connectivity index (χ0v) is 16.8. The van der Waals surface area contributed by atoms with E-state index in [2.05, 4.69) is 27.5 Å². The molecule has 1 N–H and O–H groups in total. The van der Waals surface area contributed by atoms with Crippen molar-refractivity contribution < 1.29 is 8.42 Å². The third-order valence-corrected chi connectivity index (χ3v) is 6.90. The Labute approximate surface area is 164 Å². The van der Waals surface area contributed by atoms with Crippen molar-refractivity contribution in [3.05, 3.63) is 40.7 Å². The SMILES string of the molecule is CCCCNc1nc2c(S(=O)(=O)c3cccc(Cl)c3)nnn2c2ccsc12. The lowest BCUT2D eigenvalue weighted by Crippen LogP contribution is -2.07. The fraction of sp³-hybridized carbons (Fsp3) is 0.235. The first-order valence-corrected chi connectivity index (χ1v) is 11.1. The maximum atomic E-state index is 13.1. The molecule has 0 aliphatic carbocycles. The van der Waals surface area contributed by atoms with E-state index in [0.717, 1.165) is 29.6 Å². The van der Waals surface area contributed by atoms with Crippen LogP contribution in [0.5, 0.6) is 0 Å². The van der Waals surface area contributed by atoms with E-state index in [4.69, 9.17) is 11.6 Å². The van der Waals surface area contributed by atoms with Crippen LogP contribution in [0.4, 0.5) is 5.82 Å². The zero-order chi connectivity index (χ0) is 19.0. The van der Waals surface area contributed by atoms with Crippen LogP contribution in [-0.2, 0) is 9.84 Å². The molecule has 3 heterocycles. The van der Waals surface area contributed by atoms with E-state index in [-0.39, 0.29) is 15.6 Å². The van der Waals surface area contributed by atoms with Gasteiger partial charge < -0.3 is 5.32 Å². The lowest BCUT2D eigenvalue weighted by molar-refractivity contribution is 0.592. The quantitative estimate of drug-likeness (QED) is 0.472. The molecule has 3 aromatic heterocycles. The monoisotopic (exact) mass is 421 g/mol. The number of benzene rings is 1. The second kappa shape index (κ2) is 7.06. The van der Waals surface area contributed by atoms with Gasteiger partial charge in [0.05, 0.1) is 15.1 Å². The molecule has 27 heavy (non-hydrogen) atoms. The molecule has 0 bridgehead atoms. The molecule has 4 aromatic rings. The molecule has 0 amide bonds. The number of anilines is 1.